The van der Waals surface area contributed by atoms with Gasteiger partial charge in [0.25, 0.3) is 0 Å². The molecule has 0 radical (unpaired) electrons. The number of thiazole rings is 1. The molecule has 0 spiro atoms. The molecular weight excluding hydrogens is 364 g/mol. The second-order valence-corrected chi connectivity index (χ2v) is 6.96. The fourth-order valence-electron chi connectivity index (χ4n) is 1.84. The SMILES string of the molecule is N#C/C(=C/c1cccc(Br)c1)c1nc(-c2cccs2)cs1. The zero-order chi connectivity index (χ0) is 14.7. The molecule has 0 aliphatic carbocycles. The first kappa shape index (κ1) is 14.2. The molecule has 0 bridgehead atoms. The molecule has 2 nitrogen and oxygen atoms in total. The van der Waals surface area contributed by atoms with Crippen molar-refractivity contribution in [2.75, 3.05) is 0 Å². The lowest BCUT2D eigenvalue weighted by Gasteiger charge is -1.96. The van der Waals surface area contributed by atoms with Crippen molar-refractivity contribution in [1.82, 2.24) is 4.98 Å². The van der Waals surface area contributed by atoms with E-state index < -0.39 is 0 Å². The molecule has 0 saturated heterocycles. The molecule has 0 atom stereocenters. The summed E-state index contributed by atoms with van der Waals surface area (Å²) in [4.78, 5) is 5.69. The third kappa shape index (κ3) is 3.30. The minimum atomic E-state index is 0.584. The molecule has 1 aromatic carbocycles. The molecule has 0 N–H and O–H groups in total. The molecule has 0 fully saturated rings. The summed E-state index contributed by atoms with van der Waals surface area (Å²) < 4.78 is 0.993. The maximum atomic E-state index is 9.39. The van der Waals surface area contributed by atoms with Crippen LogP contribution in [0.1, 0.15) is 10.6 Å². The number of rotatable bonds is 3. The Morgan fingerprint density at radius 3 is 2.86 bits per heavy atom. The molecule has 3 rings (SSSR count). The van der Waals surface area contributed by atoms with E-state index in [1.54, 1.807) is 11.3 Å². The zero-order valence-electron chi connectivity index (χ0n) is 10.8. The molecule has 5 heteroatoms. The van der Waals surface area contributed by atoms with Crippen molar-refractivity contribution in [2.24, 2.45) is 0 Å². The van der Waals surface area contributed by atoms with Gasteiger partial charge in [-0.1, -0.05) is 34.1 Å². The van der Waals surface area contributed by atoms with Crippen molar-refractivity contribution in [3.8, 4) is 16.6 Å². The highest BCUT2D eigenvalue weighted by Crippen LogP contribution is 2.29. The number of nitriles is 1. The van der Waals surface area contributed by atoms with Gasteiger partial charge >= 0.3 is 0 Å². The summed E-state index contributed by atoms with van der Waals surface area (Å²) in [6.45, 7) is 0. The van der Waals surface area contributed by atoms with Gasteiger partial charge in [-0.2, -0.15) is 5.26 Å². The van der Waals surface area contributed by atoms with Gasteiger partial charge in [0.2, 0.25) is 0 Å². The standard InChI is InChI=1S/C16H9BrN2S2/c17-13-4-1-3-11(8-13)7-12(9-18)16-19-14(10-21-16)15-5-2-6-20-15/h1-8,10H/b12-7-. The van der Waals surface area contributed by atoms with Crippen LogP contribution < -0.4 is 0 Å². The van der Waals surface area contributed by atoms with Crippen molar-refractivity contribution < 1.29 is 0 Å². The number of hydrogen-bond donors (Lipinski definition) is 0. The average Bonchev–Trinajstić information content (AvgIpc) is 3.15. The Morgan fingerprint density at radius 2 is 2.14 bits per heavy atom. The molecule has 0 aliphatic heterocycles. The van der Waals surface area contributed by atoms with Gasteiger partial charge in [-0.3, -0.25) is 0 Å². The fraction of sp³-hybridized carbons (Fsp3) is 0. The van der Waals surface area contributed by atoms with E-state index in [0.29, 0.717) is 5.57 Å². The van der Waals surface area contributed by atoms with Crippen LogP contribution in [0.5, 0.6) is 0 Å². The monoisotopic (exact) mass is 372 g/mol. The molecule has 0 unspecified atom stereocenters. The molecule has 0 aliphatic rings. The second kappa shape index (κ2) is 6.35. The summed E-state index contributed by atoms with van der Waals surface area (Å²) in [5.74, 6) is 0. The molecule has 2 aromatic heterocycles. The molecule has 2 heterocycles. The predicted octanol–water partition coefficient (Wildman–Crippen LogP) is 5.70. The Kier molecular flexibility index (Phi) is 4.30. The maximum Gasteiger partial charge on any atom is 0.134 e. The Morgan fingerprint density at radius 1 is 1.24 bits per heavy atom. The topological polar surface area (TPSA) is 36.7 Å². The van der Waals surface area contributed by atoms with E-state index in [4.69, 9.17) is 0 Å². The van der Waals surface area contributed by atoms with Crippen molar-refractivity contribution >= 4 is 50.3 Å². The summed E-state index contributed by atoms with van der Waals surface area (Å²) in [7, 11) is 0. The average molecular weight is 373 g/mol. The molecule has 21 heavy (non-hydrogen) atoms. The second-order valence-electron chi connectivity index (χ2n) is 4.24. The zero-order valence-corrected chi connectivity index (χ0v) is 14.0. The summed E-state index contributed by atoms with van der Waals surface area (Å²) >= 11 is 6.58. The first-order chi connectivity index (χ1) is 10.3. The van der Waals surface area contributed by atoms with E-state index in [1.807, 2.05) is 53.2 Å². The normalized spacial score (nSPS) is 11.3. The quantitative estimate of drug-likeness (QED) is 0.553. The van der Waals surface area contributed by atoms with Crippen molar-refractivity contribution in [3.05, 3.63) is 62.2 Å². The Bertz CT molecular complexity index is 826. The highest BCUT2D eigenvalue weighted by Gasteiger charge is 2.09. The number of halogens is 1. The first-order valence-corrected chi connectivity index (χ1v) is 8.68. The van der Waals surface area contributed by atoms with Gasteiger partial charge < -0.3 is 0 Å². The van der Waals surface area contributed by atoms with E-state index in [0.717, 1.165) is 25.6 Å². The van der Waals surface area contributed by atoms with Gasteiger partial charge in [0.15, 0.2) is 0 Å². The van der Waals surface area contributed by atoms with E-state index >= 15 is 0 Å². The summed E-state index contributed by atoms with van der Waals surface area (Å²) in [5.41, 5.74) is 2.50. The lowest BCUT2D eigenvalue weighted by atomic mass is 10.1. The number of nitrogens with zero attached hydrogens (tertiary/aromatic N) is 2. The van der Waals surface area contributed by atoms with Crippen LogP contribution in [0.15, 0.2) is 51.6 Å². The minimum Gasteiger partial charge on any atom is -0.234 e. The number of aromatic nitrogens is 1. The van der Waals surface area contributed by atoms with E-state index in [-0.39, 0.29) is 0 Å². The molecular formula is C16H9BrN2S2. The Hall–Kier alpha value is -1.74. The van der Waals surface area contributed by atoms with E-state index in [9.17, 15) is 5.26 Å². The lowest BCUT2D eigenvalue weighted by molar-refractivity contribution is 1.38. The number of allylic oxidation sites excluding steroid dienone is 1. The van der Waals surface area contributed by atoms with Gasteiger partial charge in [0.05, 0.1) is 16.1 Å². The van der Waals surface area contributed by atoms with Crippen LogP contribution in [0.25, 0.3) is 22.2 Å². The maximum absolute atomic E-state index is 9.39. The van der Waals surface area contributed by atoms with Crippen LogP contribution in [0.4, 0.5) is 0 Å². The number of thiophene rings is 1. The van der Waals surface area contributed by atoms with Crippen LogP contribution in [-0.2, 0) is 0 Å². The number of hydrogen-bond acceptors (Lipinski definition) is 4. The minimum absolute atomic E-state index is 0.584. The van der Waals surface area contributed by atoms with Gasteiger partial charge in [-0.15, -0.1) is 22.7 Å². The van der Waals surface area contributed by atoms with Gasteiger partial charge in [-0.05, 0) is 35.2 Å². The van der Waals surface area contributed by atoms with Crippen molar-refractivity contribution in [1.29, 1.82) is 5.26 Å². The van der Waals surface area contributed by atoms with Crippen LogP contribution in [0, 0.1) is 11.3 Å². The van der Waals surface area contributed by atoms with Gasteiger partial charge in [0, 0.05) is 9.85 Å². The first-order valence-electron chi connectivity index (χ1n) is 6.13. The van der Waals surface area contributed by atoms with Gasteiger partial charge in [-0.25, -0.2) is 4.98 Å². The van der Waals surface area contributed by atoms with Crippen molar-refractivity contribution in [3.63, 3.8) is 0 Å². The molecule has 0 saturated carbocycles. The van der Waals surface area contributed by atoms with E-state index in [2.05, 4.69) is 27.0 Å². The van der Waals surface area contributed by atoms with Crippen LogP contribution in [-0.4, -0.2) is 4.98 Å². The predicted molar refractivity (Wildman–Crippen MR) is 93.1 cm³/mol. The van der Waals surface area contributed by atoms with Crippen LogP contribution >= 0.6 is 38.6 Å². The fourth-order valence-corrected chi connectivity index (χ4v) is 3.80. The third-order valence-electron chi connectivity index (χ3n) is 2.79. The smallest absolute Gasteiger partial charge is 0.134 e. The van der Waals surface area contributed by atoms with E-state index in [1.165, 1.54) is 11.3 Å². The van der Waals surface area contributed by atoms with Gasteiger partial charge in [0.1, 0.15) is 11.1 Å². The van der Waals surface area contributed by atoms with Crippen molar-refractivity contribution in [2.45, 2.75) is 0 Å². The summed E-state index contributed by atoms with van der Waals surface area (Å²) in [6, 6.07) is 14.1. The molecule has 102 valence electrons. The Labute approximate surface area is 139 Å². The van der Waals surface area contributed by atoms with Crippen LogP contribution in [0.2, 0.25) is 0 Å². The highest BCUT2D eigenvalue weighted by atomic mass is 79.9. The largest absolute Gasteiger partial charge is 0.234 e. The molecule has 0 amide bonds. The number of benzene rings is 1. The van der Waals surface area contributed by atoms with Crippen LogP contribution in [0.3, 0.4) is 0 Å². The Balaban J connectivity index is 1.96. The third-order valence-corrected chi connectivity index (χ3v) is 5.05. The lowest BCUT2D eigenvalue weighted by Crippen LogP contribution is -1.81. The highest BCUT2D eigenvalue weighted by molar-refractivity contribution is 9.10. The molecule has 3 aromatic rings. The summed E-state index contributed by atoms with van der Waals surface area (Å²) in [5, 5.41) is 14.2. The summed E-state index contributed by atoms with van der Waals surface area (Å²) in [6.07, 6.45) is 1.86.